The molecule has 20 heavy (non-hydrogen) atoms. The second-order valence-corrected chi connectivity index (χ2v) is 5.88. The van der Waals surface area contributed by atoms with Crippen molar-refractivity contribution in [2.24, 2.45) is 5.92 Å². The summed E-state index contributed by atoms with van der Waals surface area (Å²) in [6, 6.07) is 2.00. The summed E-state index contributed by atoms with van der Waals surface area (Å²) in [6.07, 6.45) is 4.52. The minimum absolute atomic E-state index is 0.289. The summed E-state index contributed by atoms with van der Waals surface area (Å²) < 4.78 is 6.16. The lowest BCUT2D eigenvalue weighted by molar-refractivity contribution is -0.0881. The first kappa shape index (κ1) is 15.2. The van der Waals surface area contributed by atoms with E-state index in [2.05, 4.69) is 31.1 Å². The van der Waals surface area contributed by atoms with E-state index in [9.17, 15) is 0 Å². The number of anilines is 1. The number of hydrogen-bond acceptors (Lipinski definition) is 4. The van der Waals surface area contributed by atoms with E-state index in [1.807, 2.05) is 13.0 Å². The van der Waals surface area contributed by atoms with Crippen molar-refractivity contribution in [3.63, 3.8) is 0 Å². The third kappa shape index (κ3) is 3.29. The maximum atomic E-state index is 6.16. The SMILES string of the molecule is CCNc1cc(C)nc(C2(OCC)CCCC(C)C2)n1. The Balaban J connectivity index is 2.37. The van der Waals surface area contributed by atoms with Crippen molar-refractivity contribution in [3.05, 3.63) is 17.6 Å². The van der Waals surface area contributed by atoms with Gasteiger partial charge in [-0.1, -0.05) is 13.3 Å². The highest BCUT2D eigenvalue weighted by Crippen LogP contribution is 2.41. The van der Waals surface area contributed by atoms with E-state index in [0.29, 0.717) is 12.5 Å². The highest BCUT2D eigenvalue weighted by atomic mass is 16.5. The highest BCUT2D eigenvalue weighted by Gasteiger charge is 2.40. The number of nitrogens with zero attached hydrogens (tertiary/aromatic N) is 2. The van der Waals surface area contributed by atoms with Crippen LogP contribution < -0.4 is 5.32 Å². The van der Waals surface area contributed by atoms with Gasteiger partial charge in [-0.05, 0) is 46.0 Å². The first-order valence-corrected chi connectivity index (χ1v) is 7.83. The summed E-state index contributed by atoms with van der Waals surface area (Å²) in [5, 5.41) is 3.29. The summed E-state index contributed by atoms with van der Waals surface area (Å²) in [5.41, 5.74) is 0.714. The first-order chi connectivity index (χ1) is 9.59. The topological polar surface area (TPSA) is 47.0 Å². The van der Waals surface area contributed by atoms with Gasteiger partial charge in [-0.3, -0.25) is 0 Å². The van der Waals surface area contributed by atoms with Crippen LogP contribution in [-0.2, 0) is 10.3 Å². The van der Waals surface area contributed by atoms with Gasteiger partial charge >= 0.3 is 0 Å². The van der Waals surface area contributed by atoms with E-state index in [-0.39, 0.29) is 5.60 Å². The Labute approximate surface area is 122 Å². The van der Waals surface area contributed by atoms with Gasteiger partial charge in [-0.25, -0.2) is 9.97 Å². The van der Waals surface area contributed by atoms with Crippen LogP contribution in [0, 0.1) is 12.8 Å². The highest BCUT2D eigenvalue weighted by molar-refractivity contribution is 5.36. The Morgan fingerprint density at radius 1 is 1.40 bits per heavy atom. The minimum atomic E-state index is -0.289. The fourth-order valence-corrected chi connectivity index (χ4v) is 3.22. The maximum Gasteiger partial charge on any atom is 0.162 e. The van der Waals surface area contributed by atoms with Crippen molar-refractivity contribution in [2.75, 3.05) is 18.5 Å². The molecule has 2 atom stereocenters. The third-order valence-corrected chi connectivity index (χ3v) is 4.00. The normalized spacial score (nSPS) is 26.5. The zero-order chi connectivity index (χ0) is 14.6. The van der Waals surface area contributed by atoms with Gasteiger partial charge in [0.1, 0.15) is 11.4 Å². The summed E-state index contributed by atoms with van der Waals surface area (Å²) >= 11 is 0. The molecule has 1 aliphatic carbocycles. The lowest BCUT2D eigenvalue weighted by Crippen LogP contribution is -2.37. The van der Waals surface area contributed by atoms with E-state index in [1.54, 1.807) is 0 Å². The molecule has 1 fully saturated rings. The van der Waals surface area contributed by atoms with Crippen LogP contribution in [0.5, 0.6) is 0 Å². The predicted molar refractivity (Wildman–Crippen MR) is 81.9 cm³/mol. The Morgan fingerprint density at radius 2 is 2.20 bits per heavy atom. The van der Waals surface area contributed by atoms with E-state index in [0.717, 1.165) is 36.7 Å². The van der Waals surface area contributed by atoms with E-state index < -0.39 is 0 Å². The van der Waals surface area contributed by atoms with Crippen molar-refractivity contribution in [1.29, 1.82) is 0 Å². The second kappa shape index (κ2) is 6.53. The number of nitrogens with one attached hydrogen (secondary N) is 1. The summed E-state index contributed by atoms with van der Waals surface area (Å²) in [7, 11) is 0. The van der Waals surface area contributed by atoms with Crippen molar-refractivity contribution < 1.29 is 4.74 Å². The molecule has 1 saturated carbocycles. The van der Waals surface area contributed by atoms with Gasteiger partial charge < -0.3 is 10.1 Å². The summed E-state index contributed by atoms with van der Waals surface area (Å²) in [5.74, 6) is 2.44. The number of rotatable bonds is 5. The molecule has 1 aromatic heterocycles. The largest absolute Gasteiger partial charge is 0.370 e. The average Bonchev–Trinajstić information content (AvgIpc) is 2.39. The molecule has 4 heteroatoms. The van der Waals surface area contributed by atoms with Crippen molar-refractivity contribution in [3.8, 4) is 0 Å². The van der Waals surface area contributed by atoms with Crippen LogP contribution in [-0.4, -0.2) is 23.1 Å². The average molecular weight is 277 g/mol. The van der Waals surface area contributed by atoms with Crippen LogP contribution in [0.25, 0.3) is 0 Å². The molecule has 2 unspecified atom stereocenters. The molecule has 1 aliphatic rings. The van der Waals surface area contributed by atoms with Crippen LogP contribution in [0.1, 0.15) is 58.0 Å². The van der Waals surface area contributed by atoms with Gasteiger partial charge in [-0.15, -0.1) is 0 Å². The van der Waals surface area contributed by atoms with Gasteiger partial charge in [0.25, 0.3) is 0 Å². The van der Waals surface area contributed by atoms with Gasteiger partial charge in [0.2, 0.25) is 0 Å². The minimum Gasteiger partial charge on any atom is -0.370 e. The molecule has 4 nitrogen and oxygen atoms in total. The van der Waals surface area contributed by atoms with E-state index in [1.165, 1.54) is 12.8 Å². The monoisotopic (exact) mass is 277 g/mol. The molecule has 0 aromatic carbocycles. The Bertz CT molecular complexity index is 445. The maximum absolute atomic E-state index is 6.16. The third-order valence-electron chi connectivity index (χ3n) is 4.00. The molecule has 1 N–H and O–H groups in total. The molecular formula is C16H27N3O. The summed E-state index contributed by atoms with van der Waals surface area (Å²) in [6.45, 7) is 10.0. The Hall–Kier alpha value is -1.16. The van der Waals surface area contributed by atoms with Crippen LogP contribution in [0.15, 0.2) is 6.07 Å². The molecule has 112 valence electrons. The lowest BCUT2D eigenvalue weighted by atomic mass is 9.78. The molecule has 0 radical (unpaired) electrons. The standard InChI is InChI=1S/C16H27N3O/c1-5-17-14-10-13(4)18-15(19-14)16(20-6-2)9-7-8-12(3)11-16/h10,12H,5-9,11H2,1-4H3,(H,17,18,19). The zero-order valence-corrected chi connectivity index (χ0v) is 13.2. The number of aromatic nitrogens is 2. The Kier molecular flexibility index (Phi) is 4.97. The van der Waals surface area contributed by atoms with Crippen molar-refractivity contribution >= 4 is 5.82 Å². The molecular weight excluding hydrogens is 250 g/mol. The predicted octanol–water partition coefficient (Wildman–Crippen LogP) is 3.66. The molecule has 0 saturated heterocycles. The van der Waals surface area contributed by atoms with E-state index >= 15 is 0 Å². The quantitative estimate of drug-likeness (QED) is 0.892. The van der Waals surface area contributed by atoms with Gasteiger partial charge in [0.05, 0.1) is 0 Å². The zero-order valence-electron chi connectivity index (χ0n) is 13.2. The summed E-state index contributed by atoms with van der Waals surface area (Å²) in [4.78, 5) is 9.41. The Morgan fingerprint density at radius 3 is 2.85 bits per heavy atom. The molecule has 0 amide bonds. The fraction of sp³-hybridized carbons (Fsp3) is 0.750. The molecule has 0 spiro atoms. The van der Waals surface area contributed by atoms with Gasteiger partial charge in [0.15, 0.2) is 5.82 Å². The lowest BCUT2D eigenvalue weighted by Gasteiger charge is -2.38. The van der Waals surface area contributed by atoms with Gasteiger partial charge in [0, 0.05) is 24.9 Å². The van der Waals surface area contributed by atoms with Crippen molar-refractivity contribution in [2.45, 2.75) is 59.0 Å². The molecule has 1 aromatic rings. The molecule has 0 aliphatic heterocycles. The molecule has 0 bridgehead atoms. The number of ether oxygens (including phenoxy) is 1. The van der Waals surface area contributed by atoms with Crippen molar-refractivity contribution in [1.82, 2.24) is 9.97 Å². The van der Waals surface area contributed by atoms with Crippen LogP contribution >= 0.6 is 0 Å². The van der Waals surface area contributed by atoms with Crippen LogP contribution in [0.4, 0.5) is 5.82 Å². The van der Waals surface area contributed by atoms with Crippen LogP contribution in [0.2, 0.25) is 0 Å². The van der Waals surface area contributed by atoms with Crippen LogP contribution in [0.3, 0.4) is 0 Å². The fourth-order valence-electron chi connectivity index (χ4n) is 3.22. The molecule has 2 rings (SSSR count). The first-order valence-electron chi connectivity index (χ1n) is 7.83. The van der Waals surface area contributed by atoms with Gasteiger partial charge in [-0.2, -0.15) is 0 Å². The molecule has 1 heterocycles. The number of hydrogen-bond donors (Lipinski definition) is 1. The second-order valence-electron chi connectivity index (χ2n) is 5.88. The van der Waals surface area contributed by atoms with E-state index in [4.69, 9.17) is 9.72 Å². The smallest absolute Gasteiger partial charge is 0.162 e. The number of aryl methyl sites for hydroxylation is 1.